The van der Waals surface area contributed by atoms with E-state index >= 15 is 0 Å². The maximum Gasteiger partial charge on any atom is 0.366 e. The number of unbranched alkanes of at least 4 members (excludes halogenated alkanes) is 2. The molecule has 0 aromatic carbocycles. The van der Waals surface area contributed by atoms with Crippen LogP contribution in [0.25, 0.3) is 0 Å². The van der Waals surface area contributed by atoms with E-state index in [2.05, 4.69) is 13.5 Å². The van der Waals surface area contributed by atoms with Crippen LogP contribution in [0.5, 0.6) is 0 Å². The number of ether oxygens (including phenoxy) is 1. The lowest BCUT2D eigenvalue weighted by molar-refractivity contribution is -0.146. The third-order valence-corrected chi connectivity index (χ3v) is 2.08. The molecule has 0 aliphatic heterocycles. The van der Waals surface area contributed by atoms with Gasteiger partial charge in [-0.2, -0.15) is 4.39 Å². The Hall–Kier alpha value is -0.860. The number of hydrogen-bond donors (Lipinski definition) is 0. The van der Waals surface area contributed by atoms with Crippen LogP contribution in [0.1, 0.15) is 46.0 Å². The summed E-state index contributed by atoms with van der Waals surface area (Å²) in [6.45, 7) is 6.93. The van der Waals surface area contributed by atoms with E-state index in [1.807, 2.05) is 6.92 Å². The molecule has 0 saturated heterocycles. The molecule has 0 rings (SSSR count). The fourth-order valence-electron chi connectivity index (χ4n) is 1.18. The summed E-state index contributed by atoms with van der Waals surface area (Å²) >= 11 is 0. The zero-order valence-electron chi connectivity index (χ0n) is 9.01. The predicted molar refractivity (Wildman–Crippen MR) is 54.6 cm³/mol. The fraction of sp³-hybridized carbons (Fsp3) is 0.727. The molecule has 1 atom stereocenters. The monoisotopic (exact) mass is 202 g/mol. The van der Waals surface area contributed by atoms with E-state index in [-0.39, 0.29) is 6.10 Å². The molecule has 0 fully saturated rings. The van der Waals surface area contributed by atoms with Crippen molar-refractivity contribution in [3.63, 3.8) is 0 Å². The van der Waals surface area contributed by atoms with Gasteiger partial charge in [-0.3, -0.25) is 0 Å². The van der Waals surface area contributed by atoms with Crippen molar-refractivity contribution in [2.45, 2.75) is 52.1 Å². The highest BCUT2D eigenvalue weighted by molar-refractivity contribution is 5.85. The summed E-state index contributed by atoms with van der Waals surface area (Å²) in [7, 11) is 0. The maximum atomic E-state index is 12.3. The van der Waals surface area contributed by atoms with Gasteiger partial charge in [-0.1, -0.05) is 33.3 Å². The highest BCUT2D eigenvalue weighted by Gasteiger charge is 2.14. The van der Waals surface area contributed by atoms with E-state index in [0.717, 1.165) is 32.1 Å². The van der Waals surface area contributed by atoms with Crippen molar-refractivity contribution >= 4 is 5.97 Å². The molecule has 0 bridgehead atoms. The molecule has 0 heterocycles. The van der Waals surface area contributed by atoms with Gasteiger partial charge in [0.05, 0.1) is 0 Å². The van der Waals surface area contributed by atoms with E-state index in [9.17, 15) is 9.18 Å². The molecule has 0 N–H and O–H groups in total. The van der Waals surface area contributed by atoms with Crippen LogP contribution in [-0.4, -0.2) is 12.1 Å². The van der Waals surface area contributed by atoms with Gasteiger partial charge < -0.3 is 4.74 Å². The minimum atomic E-state index is -1.01. The molecule has 0 spiro atoms. The topological polar surface area (TPSA) is 26.3 Å². The smallest absolute Gasteiger partial charge is 0.366 e. The van der Waals surface area contributed by atoms with Crippen molar-refractivity contribution in [2.75, 3.05) is 0 Å². The average molecular weight is 202 g/mol. The van der Waals surface area contributed by atoms with Crippen LogP contribution in [0.2, 0.25) is 0 Å². The molecule has 14 heavy (non-hydrogen) atoms. The number of halogens is 1. The number of esters is 1. The van der Waals surface area contributed by atoms with Gasteiger partial charge in [0.2, 0.25) is 5.83 Å². The lowest BCUT2D eigenvalue weighted by atomic mass is 10.1. The first kappa shape index (κ1) is 13.1. The zero-order chi connectivity index (χ0) is 11.0. The normalized spacial score (nSPS) is 12.2. The molecule has 2 nitrogen and oxygen atoms in total. The molecule has 0 aromatic heterocycles. The highest BCUT2D eigenvalue weighted by Crippen LogP contribution is 2.11. The maximum absolute atomic E-state index is 12.3. The molecule has 0 aliphatic carbocycles. The van der Waals surface area contributed by atoms with Crippen LogP contribution in [0.3, 0.4) is 0 Å². The number of carbonyl (C=O) groups excluding carboxylic acids is 1. The second-order valence-electron chi connectivity index (χ2n) is 3.34. The molecular formula is C11H19FO2. The Bertz CT molecular complexity index is 190. The Kier molecular flexibility index (Phi) is 7.07. The molecule has 1 unspecified atom stereocenters. The van der Waals surface area contributed by atoms with Crippen molar-refractivity contribution < 1.29 is 13.9 Å². The third-order valence-electron chi connectivity index (χ3n) is 2.08. The molecule has 0 aromatic rings. The van der Waals surface area contributed by atoms with Gasteiger partial charge in [0.25, 0.3) is 0 Å². The summed E-state index contributed by atoms with van der Waals surface area (Å²) in [6, 6.07) is 0. The Labute approximate surface area is 85.1 Å². The first-order valence-electron chi connectivity index (χ1n) is 5.17. The summed E-state index contributed by atoms with van der Waals surface area (Å²) in [5, 5.41) is 0. The van der Waals surface area contributed by atoms with Crippen molar-refractivity contribution in [2.24, 2.45) is 0 Å². The van der Waals surface area contributed by atoms with Crippen molar-refractivity contribution in [3.8, 4) is 0 Å². The predicted octanol–water partition coefficient (Wildman–Crippen LogP) is 3.37. The molecule has 0 radical (unpaired) electrons. The summed E-state index contributed by atoms with van der Waals surface area (Å²) in [5.41, 5.74) is 0. The van der Waals surface area contributed by atoms with Gasteiger partial charge in [0.1, 0.15) is 6.10 Å². The van der Waals surface area contributed by atoms with E-state index in [1.54, 1.807) is 0 Å². The van der Waals surface area contributed by atoms with Crippen LogP contribution >= 0.6 is 0 Å². The Morgan fingerprint density at radius 3 is 2.50 bits per heavy atom. The van der Waals surface area contributed by atoms with Gasteiger partial charge in [-0.05, 0) is 19.3 Å². The Morgan fingerprint density at radius 2 is 2.07 bits per heavy atom. The van der Waals surface area contributed by atoms with E-state index in [0.29, 0.717) is 0 Å². The van der Waals surface area contributed by atoms with Crippen LogP contribution in [-0.2, 0) is 9.53 Å². The second kappa shape index (κ2) is 7.54. The molecule has 82 valence electrons. The highest BCUT2D eigenvalue weighted by atomic mass is 19.1. The fourth-order valence-corrected chi connectivity index (χ4v) is 1.18. The van der Waals surface area contributed by atoms with Crippen LogP contribution in [0, 0.1) is 0 Å². The van der Waals surface area contributed by atoms with Crippen molar-refractivity contribution in [1.29, 1.82) is 0 Å². The molecule has 0 aliphatic rings. The SMILES string of the molecule is C=C(F)C(=O)OC(CC)CCCCC. The summed E-state index contributed by atoms with van der Waals surface area (Å²) in [6.07, 6.45) is 4.62. The number of hydrogen-bond acceptors (Lipinski definition) is 2. The van der Waals surface area contributed by atoms with Gasteiger partial charge in [-0.25, -0.2) is 4.79 Å². The lowest BCUT2D eigenvalue weighted by Gasteiger charge is -2.14. The van der Waals surface area contributed by atoms with Gasteiger partial charge in [-0.15, -0.1) is 0 Å². The van der Waals surface area contributed by atoms with E-state index in [4.69, 9.17) is 4.74 Å². The van der Waals surface area contributed by atoms with Crippen LogP contribution in [0.4, 0.5) is 4.39 Å². The largest absolute Gasteiger partial charge is 0.457 e. The third kappa shape index (κ3) is 5.73. The Balaban J connectivity index is 3.78. The first-order valence-corrected chi connectivity index (χ1v) is 5.17. The first-order chi connectivity index (χ1) is 6.61. The average Bonchev–Trinajstić information content (AvgIpc) is 2.16. The van der Waals surface area contributed by atoms with E-state index < -0.39 is 11.8 Å². The standard InChI is InChI=1S/C11H19FO2/c1-4-6-7-8-10(5-2)14-11(13)9(3)12/h10H,3-8H2,1-2H3. The molecular weight excluding hydrogens is 183 g/mol. The second-order valence-corrected chi connectivity index (χ2v) is 3.34. The van der Waals surface area contributed by atoms with Gasteiger partial charge in [0, 0.05) is 0 Å². The van der Waals surface area contributed by atoms with Gasteiger partial charge >= 0.3 is 5.97 Å². The number of carbonyl (C=O) groups is 1. The molecule has 3 heteroatoms. The van der Waals surface area contributed by atoms with Gasteiger partial charge in [0.15, 0.2) is 0 Å². The minimum absolute atomic E-state index is 0.165. The number of rotatable bonds is 7. The summed E-state index contributed by atoms with van der Waals surface area (Å²) < 4.78 is 17.2. The van der Waals surface area contributed by atoms with Crippen LogP contribution in [0.15, 0.2) is 12.4 Å². The summed E-state index contributed by atoms with van der Waals surface area (Å²) in [4.78, 5) is 10.8. The van der Waals surface area contributed by atoms with Crippen molar-refractivity contribution in [1.82, 2.24) is 0 Å². The van der Waals surface area contributed by atoms with E-state index in [1.165, 1.54) is 0 Å². The summed E-state index contributed by atoms with van der Waals surface area (Å²) in [5.74, 6) is -1.94. The molecule has 0 amide bonds. The quantitative estimate of drug-likeness (QED) is 0.359. The lowest BCUT2D eigenvalue weighted by Crippen LogP contribution is -2.17. The minimum Gasteiger partial charge on any atom is -0.457 e. The Morgan fingerprint density at radius 1 is 1.43 bits per heavy atom. The zero-order valence-corrected chi connectivity index (χ0v) is 9.01. The van der Waals surface area contributed by atoms with Crippen LogP contribution < -0.4 is 0 Å². The molecule has 0 saturated carbocycles. The van der Waals surface area contributed by atoms with Crippen molar-refractivity contribution in [3.05, 3.63) is 12.4 Å².